The summed E-state index contributed by atoms with van der Waals surface area (Å²) in [4.78, 5) is 11.2. The average molecular weight is 179 g/mol. The minimum atomic E-state index is 0. The molecule has 3 heteroatoms. The monoisotopic (exact) mass is 179 g/mol. The number of rotatable bonds is 4. The first-order valence-corrected chi connectivity index (χ1v) is 4.25. The van der Waals surface area contributed by atoms with E-state index in [9.17, 15) is 4.79 Å². The minimum absolute atomic E-state index is 0. The molecule has 1 N–H and O–H groups in total. The van der Waals surface area contributed by atoms with Crippen LogP contribution in [0.25, 0.3) is 0 Å². The van der Waals surface area contributed by atoms with E-state index in [-0.39, 0.29) is 47.4 Å². The van der Waals surface area contributed by atoms with E-state index in [2.05, 4.69) is 12.2 Å². The quantitative estimate of drug-likeness (QED) is 0.425. The third-order valence-electron chi connectivity index (χ3n) is 1.90. The first-order chi connectivity index (χ1) is 5.11. The molecule has 0 spiro atoms. The smallest absolute Gasteiger partial charge is 0.383 e. The average Bonchev–Trinajstić information content (AvgIpc) is 2.02. The van der Waals surface area contributed by atoms with Crippen LogP contribution in [0.4, 0.5) is 0 Å². The maximum Gasteiger partial charge on any atom is 1.00 e. The van der Waals surface area contributed by atoms with Crippen LogP contribution in [0.15, 0.2) is 0 Å². The summed E-state index contributed by atoms with van der Waals surface area (Å²) in [5.74, 6) is 0.236. The SMILES string of the molecule is [CH2-]C(CC)NC(=O)C(C)CC.[Na+]. The van der Waals surface area contributed by atoms with Crippen LogP contribution in [0, 0.1) is 12.8 Å². The molecule has 0 heterocycles. The van der Waals surface area contributed by atoms with Crippen LogP contribution in [0.1, 0.15) is 33.6 Å². The van der Waals surface area contributed by atoms with Crippen LogP contribution in [0.5, 0.6) is 0 Å². The molecule has 0 fully saturated rings. The van der Waals surface area contributed by atoms with Crippen LogP contribution in [0.2, 0.25) is 0 Å². The van der Waals surface area contributed by atoms with Crippen molar-refractivity contribution in [2.24, 2.45) is 5.92 Å². The Kier molecular flexibility index (Phi) is 10.1. The topological polar surface area (TPSA) is 29.1 Å². The number of carbonyl (C=O) groups excluding carboxylic acids is 1. The second kappa shape index (κ2) is 8.09. The Labute approximate surface area is 97.8 Å². The molecule has 2 unspecified atom stereocenters. The van der Waals surface area contributed by atoms with Crippen LogP contribution in [0.3, 0.4) is 0 Å². The van der Waals surface area contributed by atoms with Crippen LogP contribution in [-0.4, -0.2) is 11.9 Å². The minimum Gasteiger partial charge on any atom is -0.383 e. The van der Waals surface area contributed by atoms with Gasteiger partial charge in [-0.1, -0.05) is 33.2 Å². The van der Waals surface area contributed by atoms with Gasteiger partial charge in [0.2, 0.25) is 5.91 Å². The molecule has 0 aromatic heterocycles. The van der Waals surface area contributed by atoms with E-state index in [0.717, 1.165) is 12.8 Å². The Hall–Kier alpha value is 0.470. The van der Waals surface area contributed by atoms with Crippen molar-refractivity contribution >= 4 is 5.91 Å². The number of amides is 1. The van der Waals surface area contributed by atoms with E-state index in [1.165, 1.54) is 0 Å². The van der Waals surface area contributed by atoms with Crippen LogP contribution in [-0.2, 0) is 4.79 Å². The number of hydrogen-bond donors (Lipinski definition) is 1. The number of carbonyl (C=O) groups is 1. The molecule has 0 saturated carbocycles. The molecular weight excluding hydrogens is 161 g/mol. The first kappa shape index (κ1) is 15.0. The van der Waals surface area contributed by atoms with E-state index in [4.69, 9.17) is 0 Å². The van der Waals surface area contributed by atoms with Crippen molar-refractivity contribution in [3.8, 4) is 0 Å². The molecule has 0 aromatic rings. The van der Waals surface area contributed by atoms with Crippen LogP contribution < -0.4 is 34.9 Å². The molecule has 2 atom stereocenters. The van der Waals surface area contributed by atoms with Gasteiger partial charge in [0.1, 0.15) is 0 Å². The molecule has 12 heavy (non-hydrogen) atoms. The molecule has 0 saturated heterocycles. The molecule has 0 aliphatic heterocycles. The molecule has 0 radical (unpaired) electrons. The van der Waals surface area contributed by atoms with E-state index in [0.29, 0.717) is 0 Å². The van der Waals surface area contributed by atoms with Gasteiger partial charge in [-0.05, 0) is 6.42 Å². The Morgan fingerprint density at radius 3 is 2.25 bits per heavy atom. The van der Waals surface area contributed by atoms with Crippen molar-refractivity contribution in [1.82, 2.24) is 5.32 Å². The van der Waals surface area contributed by atoms with Gasteiger partial charge in [-0.3, -0.25) is 4.79 Å². The van der Waals surface area contributed by atoms with E-state index >= 15 is 0 Å². The van der Waals surface area contributed by atoms with Gasteiger partial charge in [0.15, 0.2) is 0 Å². The Morgan fingerprint density at radius 2 is 1.92 bits per heavy atom. The summed E-state index contributed by atoms with van der Waals surface area (Å²) < 4.78 is 0. The van der Waals surface area contributed by atoms with E-state index < -0.39 is 0 Å². The fraction of sp³-hybridized carbons (Fsp3) is 0.778. The van der Waals surface area contributed by atoms with Crippen LogP contribution >= 0.6 is 0 Å². The van der Waals surface area contributed by atoms with E-state index in [1.807, 2.05) is 20.8 Å². The summed E-state index contributed by atoms with van der Waals surface area (Å²) in [5.41, 5.74) is 0. The van der Waals surface area contributed by atoms with Crippen molar-refractivity contribution in [2.45, 2.75) is 39.7 Å². The largest absolute Gasteiger partial charge is 1.00 e. The zero-order chi connectivity index (χ0) is 8.85. The zero-order valence-electron chi connectivity index (χ0n) is 8.68. The van der Waals surface area contributed by atoms with Gasteiger partial charge in [-0.25, -0.2) is 0 Å². The maximum absolute atomic E-state index is 11.2. The third kappa shape index (κ3) is 6.04. The Balaban J connectivity index is 0. The Bertz CT molecular complexity index is 128. The predicted octanol–water partition coefficient (Wildman–Crippen LogP) is -1.23. The van der Waals surface area contributed by atoms with Crippen molar-refractivity contribution in [1.29, 1.82) is 0 Å². The molecule has 0 rings (SSSR count). The molecule has 0 aliphatic rings. The zero-order valence-corrected chi connectivity index (χ0v) is 10.7. The summed E-state index contributed by atoms with van der Waals surface area (Å²) >= 11 is 0. The second-order valence-corrected chi connectivity index (χ2v) is 2.92. The molecule has 66 valence electrons. The molecule has 0 aliphatic carbocycles. The summed E-state index contributed by atoms with van der Waals surface area (Å²) in [6, 6.07) is 0.0662. The molecule has 1 amide bonds. The normalized spacial score (nSPS) is 14.3. The molecule has 0 aromatic carbocycles. The molecule has 2 nitrogen and oxygen atoms in total. The fourth-order valence-electron chi connectivity index (χ4n) is 0.631. The molecular formula is C9H18NNaO. The van der Waals surface area contributed by atoms with Crippen molar-refractivity contribution in [2.75, 3.05) is 0 Å². The summed E-state index contributed by atoms with van der Waals surface area (Å²) in [6.07, 6.45) is 1.78. The van der Waals surface area contributed by atoms with Gasteiger partial charge in [-0.15, -0.1) is 0 Å². The van der Waals surface area contributed by atoms with Gasteiger partial charge in [0.25, 0.3) is 0 Å². The van der Waals surface area contributed by atoms with Crippen molar-refractivity contribution in [3.63, 3.8) is 0 Å². The van der Waals surface area contributed by atoms with Crippen molar-refractivity contribution < 1.29 is 34.4 Å². The number of hydrogen-bond acceptors (Lipinski definition) is 1. The van der Waals surface area contributed by atoms with E-state index in [1.54, 1.807) is 0 Å². The van der Waals surface area contributed by atoms with Gasteiger partial charge >= 0.3 is 29.6 Å². The summed E-state index contributed by atoms with van der Waals surface area (Å²) in [7, 11) is 0. The van der Waals surface area contributed by atoms with Gasteiger partial charge in [0.05, 0.1) is 0 Å². The first-order valence-electron chi connectivity index (χ1n) is 4.25. The predicted molar refractivity (Wildman–Crippen MR) is 47.0 cm³/mol. The van der Waals surface area contributed by atoms with Gasteiger partial charge in [0, 0.05) is 5.92 Å². The standard InChI is InChI=1S/C9H18NO.Na/c1-5-7(3)9(11)10-8(4)6-2;/h7-8H,4-6H2,1-3H3,(H,10,11);/q-1;+1. The third-order valence-corrected chi connectivity index (χ3v) is 1.90. The van der Waals surface area contributed by atoms with Gasteiger partial charge in [-0.2, -0.15) is 0 Å². The van der Waals surface area contributed by atoms with Gasteiger partial charge < -0.3 is 12.2 Å². The summed E-state index contributed by atoms with van der Waals surface area (Å²) in [6.45, 7) is 9.73. The molecule has 0 bridgehead atoms. The Morgan fingerprint density at radius 1 is 1.42 bits per heavy atom. The maximum atomic E-state index is 11.2. The van der Waals surface area contributed by atoms with Crippen molar-refractivity contribution in [3.05, 3.63) is 6.92 Å². The second-order valence-electron chi connectivity index (χ2n) is 2.92. The summed E-state index contributed by atoms with van der Waals surface area (Å²) in [5, 5.41) is 2.83. The number of nitrogens with one attached hydrogen (secondary N) is 1. The fourth-order valence-corrected chi connectivity index (χ4v) is 0.631.